The molecule has 2 heterocycles. The Labute approximate surface area is 168 Å². The first-order valence-electron chi connectivity index (χ1n) is 9.50. The van der Waals surface area contributed by atoms with Crippen LogP contribution < -0.4 is 4.74 Å². The van der Waals surface area contributed by atoms with Gasteiger partial charge in [-0.1, -0.05) is 25.7 Å². The minimum atomic E-state index is -4.71. The zero-order chi connectivity index (χ0) is 20.7. The number of nitrogens with zero attached hydrogens (tertiary/aromatic N) is 1. The Kier molecular flexibility index (Phi) is 7.13. The van der Waals surface area contributed by atoms with E-state index in [4.69, 9.17) is 9.47 Å². The number of halogens is 3. The summed E-state index contributed by atoms with van der Waals surface area (Å²) in [5.74, 6) is 6.09. The molecule has 0 radical (unpaired) electrons. The van der Waals surface area contributed by atoms with E-state index in [9.17, 15) is 13.2 Å². The van der Waals surface area contributed by atoms with Crippen LogP contribution in [0.5, 0.6) is 5.75 Å². The van der Waals surface area contributed by atoms with E-state index in [0.29, 0.717) is 36.0 Å². The van der Waals surface area contributed by atoms with Gasteiger partial charge in [0.2, 0.25) is 6.29 Å². The molecule has 1 fully saturated rings. The fourth-order valence-electron chi connectivity index (χ4n) is 2.89. The summed E-state index contributed by atoms with van der Waals surface area (Å²) in [6.45, 7) is 3.48. The summed E-state index contributed by atoms with van der Waals surface area (Å²) >= 11 is 0. The average molecular weight is 405 g/mol. The molecule has 0 bridgehead atoms. The standard InChI is InChI=1S/C22H22F3NO3/c1-2-3-4-17-14-27-21(28-15-17)12-6-16-5-11-20(26-13-16)18-7-9-19(10-8-18)29-22(23,24)25/h5,7-11,13,17,21H,2-4,14-15H2,1H3. The van der Waals surface area contributed by atoms with Crippen LogP contribution in [0.2, 0.25) is 0 Å². The zero-order valence-electron chi connectivity index (χ0n) is 16.0. The topological polar surface area (TPSA) is 40.6 Å². The van der Waals surface area contributed by atoms with Gasteiger partial charge in [0, 0.05) is 23.2 Å². The van der Waals surface area contributed by atoms with Gasteiger partial charge in [-0.2, -0.15) is 0 Å². The molecule has 29 heavy (non-hydrogen) atoms. The predicted molar refractivity (Wildman–Crippen MR) is 102 cm³/mol. The van der Waals surface area contributed by atoms with Crippen molar-refractivity contribution in [2.24, 2.45) is 5.92 Å². The second kappa shape index (κ2) is 9.77. The first-order valence-corrected chi connectivity index (χ1v) is 9.50. The van der Waals surface area contributed by atoms with Gasteiger partial charge in [0.05, 0.1) is 18.9 Å². The Bertz CT molecular complexity index is 831. The molecule has 0 saturated carbocycles. The molecule has 154 valence electrons. The summed E-state index contributed by atoms with van der Waals surface area (Å²) in [6, 6.07) is 9.10. The number of hydrogen-bond donors (Lipinski definition) is 0. The van der Waals surface area contributed by atoms with Gasteiger partial charge in [-0.15, -0.1) is 13.2 Å². The number of rotatable bonds is 5. The number of alkyl halides is 3. The van der Waals surface area contributed by atoms with E-state index in [1.165, 1.54) is 30.7 Å². The quantitative estimate of drug-likeness (QED) is 0.643. The second-order valence-electron chi connectivity index (χ2n) is 6.78. The lowest BCUT2D eigenvalue weighted by molar-refractivity contribution is -0.274. The van der Waals surface area contributed by atoms with Crippen molar-refractivity contribution < 1.29 is 27.4 Å². The molecular formula is C22H22F3NO3. The summed E-state index contributed by atoms with van der Waals surface area (Å²) < 4.78 is 51.8. The van der Waals surface area contributed by atoms with E-state index >= 15 is 0 Å². The fraction of sp³-hybridized carbons (Fsp3) is 0.409. The maximum atomic E-state index is 12.2. The van der Waals surface area contributed by atoms with Gasteiger partial charge in [0.25, 0.3) is 0 Å². The van der Waals surface area contributed by atoms with Crippen LogP contribution in [-0.4, -0.2) is 30.9 Å². The van der Waals surface area contributed by atoms with Gasteiger partial charge in [-0.05, 0) is 48.7 Å². The fourth-order valence-corrected chi connectivity index (χ4v) is 2.89. The van der Waals surface area contributed by atoms with Crippen LogP contribution in [0.15, 0.2) is 42.6 Å². The van der Waals surface area contributed by atoms with Gasteiger partial charge in [0.1, 0.15) is 5.75 Å². The van der Waals surface area contributed by atoms with E-state index in [1.807, 2.05) is 0 Å². The van der Waals surface area contributed by atoms with Gasteiger partial charge in [0.15, 0.2) is 0 Å². The molecule has 0 aliphatic carbocycles. The molecule has 1 aliphatic heterocycles. The summed E-state index contributed by atoms with van der Waals surface area (Å²) in [7, 11) is 0. The first kappa shape index (κ1) is 21.2. The molecule has 0 atom stereocenters. The zero-order valence-corrected chi connectivity index (χ0v) is 16.0. The van der Waals surface area contributed by atoms with Crippen molar-refractivity contribution in [3.8, 4) is 28.8 Å². The van der Waals surface area contributed by atoms with Crippen molar-refractivity contribution in [1.82, 2.24) is 4.98 Å². The van der Waals surface area contributed by atoms with Gasteiger partial charge < -0.3 is 14.2 Å². The molecule has 1 aliphatic rings. The second-order valence-corrected chi connectivity index (χ2v) is 6.78. The van der Waals surface area contributed by atoms with Crippen molar-refractivity contribution in [2.45, 2.75) is 38.8 Å². The molecule has 0 N–H and O–H groups in total. The van der Waals surface area contributed by atoms with Crippen LogP contribution in [0.1, 0.15) is 31.7 Å². The predicted octanol–water partition coefficient (Wildman–Crippen LogP) is 5.18. The summed E-state index contributed by atoms with van der Waals surface area (Å²) in [4.78, 5) is 4.32. The van der Waals surface area contributed by atoms with Crippen molar-refractivity contribution in [2.75, 3.05) is 13.2 Å². The molecule has 0 spiro atoms. The molecule has 3 rings (SSSR count). The van der Waals surface area contributed by atoms with Crippen molar-refractivity contribution in [1.29, 1.82) is 0 Å². The van der Waals surface area contributed by atoms with Crippen molar-refractivity contribution >= 4 is 0 Å². The highest BCUT2D eigenvalue weighted by atomic mass is 19.4. The van der Waals surface area contributed by atoms with Crippen LogP contribution in [-0.2, 0) is 9.47 Å². The third-order valence-corrected chi connectivity index (χ3v) is 4.41. The molecular weight excluding hydrogens is 383 g/mol. The minimum Gasteiger partial charge on any atom is -0.406 e. The maximum Gasteiger partial charge on any atom is 0.573 e. The summed E-state index contributed by atoms with van der Waals surface area (Å²) in [5.41, 5.74) is 2.00. The lowest BCUT2D eigenvalue weighted by atomic mass is 10.0. The van der Waals surface area contributed by atoms with E-state index in [1.54, 1.807) is 18.3 Å². The largest absolute Gasteiger partial charge is 0.573 e. The lowest BCUT2D eigenvalue weighted by Gasteiger charge is -2.26. The van der Waals surface area contributed by atoms with E-state index in [0.717, 1.165) is 12.8 Å². The van der Waals surface area contributed by atoms with Crippen LogP contribution in [0.4, 0.5) is 13.2 Å². The molecule has 0 unspecified atom stereocenters. The molecule has 4 nitrogen and oxygen atoms in total. The van der Waals surface area contributed by atoms with Crippen LogP contribution in [0.3, 0.4) is 0 Å². The van der Waals surface area contributed by atoms with E-state index < -0.39 is 12.7 Å². The molecule has 1 aromatic heterocycles. The molecule has 7 heteroatoms. The van der Waals surface area contributed by atoms with Gasteiger partial charge >= 0.3 is 6.36 Å². The van der Waals surface area contributed by atoms with E-state index in [-0.39, 0.29) is 5.75 Å². The van der Waals surface area contributed by atoms with Crippen LogP contribution in [0, 0.1) is 17.8 Å². The number of hydrogen-bond acceptors (Lipinski definition) is 4. The third-order valence-electron chi connectivity index (χ3n) is 4.41. The smallest absolute Gasteiger partial charge is 0.406 e. The number of unbranched alkanes of at least 4 members (excludes halogenated alkanes) is 1. The van der Waals surface area contributed by atoms with Crippen LogP contribution in [0.25, 0.3) is 11.3 Å². The highest BCUT2D eigenvalue weighted by molar-refractivity contribution is 5.60. The Hall–Kier alpha value is -2.56. The normalized spacial score (nSPS) is 19.3. The minimum absolute atomic E-state index is 0.270. The Morgan fingerprint density at radius 1 is 1.10 bits per heavy atom. The van der Waals surface area contributed by atoms with Gasteiger partial charge in [-0.25, -0.2) is 0 Å². The number of ether oxygens (including phenoxy) is 3. The molecule has 0 amide bonds. The Balaban J connectivity index is 1.55. The lowest BCUT2D eigenvalue weighted by Crippen LogP contribution is -2.31. The van der Waals surface area contributed by atoms with Crippen LogP contribution >= 0.6 is 0 Å². The van der Waals surface area contributed by atoms with Gasteiger partial charge in [-0.3, -0.25) is 4.98 Å². The highest BCUT2D eigenvalue weighted by Crippen LogP contribution is 2.25. The highest BCUT2D eigenvalue weighted by Gasteiger charge is 2.31. The SMILES string of the molecule is CCCCC1COC(C#Cc2ccc(-c3ccc(OC(F)(F)F)cc3)nc2)OC1. The molecule has 2 aromatic rings. The molecule has 1 saturated heterocycles. The number of pyridine rings is 1. The number of aromatic nitrogens is 1. The van der Waals surface area contributed by atoms with E-state index in [2.05, 4.69) is 28.5 Å². The number of benzene rings is 1. The average Bonchev–Trinajstić information content (AvgIpc) is 2.71. The Morgan fingerprint density at radius 3 is 2.41 bits per heavy atom. The molecule has 1 aromatic carbocycles. The van der Waals surface area contributed by atoms with Crippen molar-refractivity contribution in [3.63, 3.8) is 0 Å². The Morgan fingerprint density at radius 2 is 1.83 bits per heavy atom. The monoisotopic (exact) mass is 405 g/mol. The van der Waals surface area contributed by atoms with Crippen molar-refractivity contribution in [3.05, 3.63) is 48.2 Å². The first-order chi connectivity index (χ1) is 13.9. The summed E-state index contributed by atoms with van der Waals surface area (Å²) in [5, 5.41) is 0. The third kappa shape index (κ3) is 6.77. The maximum absolute atomic E-state index is 12.2. The summed E-state index contributed by atoms with van der Waals surface area (Å²) in [6.07, 6.45) is -0.199.